The first-order valence-electron chi connectivity index (χ1n) is 5.57. The van der Waals surface area contributed by atoms with Gasteiger partial charge in [-0.15, -0.1) is 0 Å². The van der Waals surface area contributed by atoms with Crippen molar-refractivity contribution >= 4 is 5.69 Å². The molecule has 0 bridgehead atoms. The normalized spacial score (nSPS) is 18.1. The van der Waals surface area contributed by atoms with Crippen molar-refractivity contribution < 1.29 is 0 Å². The Balaban J connectivity index is 1.88. The Labute approximate surface area is 91.5 Å². The van der Waals surface area contributed by atoms with Crippen LogP contribution >= 0.6 is 0 Å². The number of hydrogen-bond acceptors (Lipinski definition) is 2. The van der Waals surface area contributed by atoms with Crippen molar-refractivity contribution in [3.63, 3.8) is 0 Å². The Hall–Kier alpha value is -1.06. The molecule has 15 heavy (non-hydrogen) atoms. The summed E-state index contributed by atoms with van der Waals surface area (Å²) in [5.74, 6) is 0. The molecule has 3 heteroatoms. The minimum atomic E-state index is 0.519. The number of para-hydroxylation sites is 1. The van der Waals surface area contributed by atoms with E-state index in [1.165, 1.54) is 5.69 Å². The second-order valence-electron chi connectivity index (χ2n) is 3.91. The Morgan fingerprint density at radius 2 is 1.67 bits per heavy atom. The molecule has 1 heterocycles. The first-order chi connectivity index (χ1) is 7.40. The summed E-state index contributed by atoms with van der Waals surface area (Å²) in [6, 6.07) is 10.6. The van der Waals surface area contributed by atoms with Crippen molar-refractivity contribution in [1.29, 1.82) is 0 Å². The number of nitrogens with one attached hydrogen (secondary N) is 1. The molecule has 0 aromatic heterocycles. The Kier molecular flexibility index (Phi) is 3.59. The molecule has 0 spiro atoms. The first kappa shape index (κ1) is 10.5. The minimum Gasteiger partial charge on any atom is -0.369 e. The summed E-state index contributed by atoms with van der Waals surface area (Å²) in [5.41, 5.74) is 8.52. The highest BCUT2D eigenvalue weighted by molar-refractivity contribution is 5.46. The SMILES string of the molecule is [NH]CCN1CCN(c2ccccc2)CC1. The van der Waals surface area contributed by atoms with Gasteiger partial charge >= 0.3 is 0 Å². The molecular formula is C12H18N3. The summed E-state index contributed by atoms with van der Waals surface area (Å²) in [6.07, 6.45) is 0. The fraction of sp³-hybridized carbons (Fsp3) is 0.500. The highest BCUT2D eigenvalue weighted by atomic mass is 15.3. The molecular weight excluding hydrogens is 186 g/mol. The number of nitrogens with zero attached hydrogens (tertiary/aromatic N) is 2. The Bertz CT molecular complexity index is 278. The van der Waals surface area contributed by atoms with Crippen LogP contribution < -0.4 is 10.6 Å². The van der Waals surface area contributed by atoms with Crippen molar-refractivity contribution in [3.05, 3.63) is 30.3 Å². The van der Waals surface area contributed by atoms with Gasteiger partial charge in [-0.05, 0) is 12.1 Å². The summed E-state index contributed by atoms with van der Waals surface area (Å²) < 4.78 is 0. The lowest BCUT2D eigenvalue weighted by atomic mass is 10.2. The van der Waals surface area contributed by atoms with Gasteiger partial charge in [0, 0.05) is 45.0 Å². The smallest absolute Gasteiger partial charge is 0.0367 e. The molecule has 1 fully saturated rings. The number of anilines is 1. The van der Waals surface area contributed by atoms with Crippen LogP contribution in [0.3, 0.4) is 0 Å². The fourth-order valence-corrected chi connectivity index (χ4v) is 2.03. The van der Waals surface area contributed by atoms with Crippen molar-refractivity contribution in [1.82, 2.24) is 10.6 Å². The van der Waals surface area contributed by atoms with Crippen LogP contribution in [0.4, 0.5) is 5.69 Å². The van der Waals surface area contributed by atoms with Crippen LogP contribution in [0.2, 0.25) is 0 Å². The summed E-state index contributed by atoms with van der Waals surface area (Å²) in [4.78, 5) is 4.78. The van der Waals surface area contributed by atoms with Gasteiger partial charge in [-0.3, -0.25) is 10.6 Å². The van der Waals surface area contributed by atoms with Gasteiger partial charge in [-0.25, -0.2) is 0 Å². The van der Waals surface area contributed by atoms with Crippen molar-refractivity contribution in [2.24, 2.45) is 0 Å². The maximum Gasteiger partial charge on any atom is 0.0367 e. The quantitative estimate of drug-likeness (QED) is 0.738. The zero-order valence-electron chi connectivity index (χ0n) is 9.02. The Morgan fingerprint density at radius 3 is 2.27 bits per heavy atom. The van der Waals surface area contributed by atoms with Gasteiger partial charge in [-0.2, -0.15) is 0 Å². The third kappa shape index (κ3) is 2.70. The molecule has 81 valence electrons. The second-order valence-corrected chi connectivity index (χ2v) is 3.91. The van der Waals surface area contributed by atoms with Crippen molar-refractivity contribution in [2.75, 3.05) is 44.2 Å². The van der Waals surface area contributed by atoms with Crippen LogP contribution in [0.5, 0.6) is 0 Å². The molecule has 2 rings (SSSR count). The fourth-order valence-electron chi connectivity index (χ4n) is 2.03. The molecule has 1 aliphatic heterocycles. The molecule has 1 N–H and O–H groups in total. The molecule has 1 aromatic carbocycles. The largest absolute Gasteiger partial charge is 0.369 e. The number of hydrogen-bond donors (Lipinski definition) is 0. The monoisotopic (exact) mass is 204 g/mol. The van der Waals surface area contributed by atoms with Crippen LogP contribution in [0.25, 0.3) is 0 Å². The van der Waals surface area contributed by atoms with Crippen LogP contribution in [-0.2, 0) is 0 Å². The van der Waals surface area contributed by atoms with Crippen LogP contribution in [0, 0.1) is 0 Å². The van der Waals surface area contributed by atoms with Gasteiger partial charge < -0.3 is 4.90 Å². The summed E-state index contributed by atoms with van der Waals surface area (Å²) in [6.45, 7) is 5.80. The highest BCUT2D eigenvalue weighted by Crippen LogP contribution is 2.14. The number of piperazine rings is 1. The molecule has 1 saturated heterocycles. The van der Waals surface area contributed by atoms with Crippen molar-refractivity contribution in [3.8, 4) is 0 Å². The van der Waals surface area contributed by atoms with Crippen LogP contribution in [0.15, 0.2) is 30.3 Å². The molecule has 1 aliphatic rings. The molecule has 1 aromatic rings. The van der Waals surface area contributed by atoms with E-state index < -0.39 is 0 Å². The lowest BCUT2D eigenvalue weighted by Crippen LogP contribution is -2.47. The van der Waals surface area contributed by atoms with E-state index in [0.29, 0.717) is 6.54 Å². The average Bonchev–Trinajstić information content (AvgIpc) is 2.32. The van der Waals surface area contributed by atoms with E-state index >= 15 is 0 Å². The minimum absolute atomic E-state index is 0.519. The molecule has 0 aliphatic carbocycles. The third-order valence-corrected chi connectivity index (χ3v) is 2.92. The highest BCUT2D eigenvalue weighted by Gasteiger charge is 2.15. The van der Waals surface area contributed by atoms with E-state index in [1.807, 2.05) is 0 Å². The summed E-state index contributed by atoms with van der Waals surface area (Å²) in [5, 5.41) is 0. The molecule has 3 nitrogen and oxygen atoms in total. The van der Waals surface area contributed by atoms with Crippen LogP contribution in [0.1, 0.15) is 0 Å². The van der Waals surface area contributed by atoms with Gasteiger partial charge in [-0.1, -0.05) is 18.2 Å². The topological polar surface area (TPSA) is 30.3 Å². The molecule has 0 unspecified atom stereocenters. The Morgan fingerprint density at radius 1 is 1.00 bits per heavy atom. The third-order valence-electron chi connectivity index (χ3n) is 2.92. The maximum atomic E-state index is 7.20. The molecule has 0 saturated carbocycles. The standard InChI is InChI=1S/C12H18N3/c13-6-7-14-8-10-15(11-9-14)12-4-2-1-3-5-12/h1-5,13H,6-11H2. The van der Waals surface area contributed by atoms with E-state index in [9.17, 15) is 0 Å². The van der Waals surface area contributed by atoms with E-state index in [2.05, 4.69) is 40.1 Å². The first-order valence-corrected chi connectivity index (χ1v) is 5.57. The van der Waals surface area contributed by atoms with Gasteiger partial charge in [0.25, 0.3) is 0 Å². The predicted octanol–water partition coefficient (Wildman–Crippen LogP) is 1.09. The second kappa shape index (κ2) is 5.14. The van der Waals surface area contributed by atoms with E-state index in [-0.39, 0.29) is 0 Å². The van der Waals surface area contributed by atoms with Crippen molar-refractivity contribution in [2.45, 2.75) is 0 Å². The molecule has 0 atom stereocenters. The maximum absolute atomic E-state index is 7.20. The van der Waals surface area contributed by atoms with Gasteiger partial charge in [0.05, 0.1) is 0 Å². The average molecular weight is 204 g/mol. The zero-order chi connectivity index (χ0) is 10.5. The lowest BCUT2D eigenvalue weighted by Gasteiger charge is -2.35. The van der Waals surface area contributed by atoms with E-state index in [1.54, 1.807) is 0 Å². The molecule has 0 amide bonds. The summed E-state index contributed by atoms with van der Waals surface area (Å²) in [7, 11) is 0. The van der Waals surface area contributed by atoms with Gasteiger partial charge in [0.2, 0.25) is 0 Å². The number of benzene rings is 1. The lowest BCUT2D eigenvalue weighted by molar-refractivity contribution is 0.264. The van der Waals surface area contributed by atoms with Gasteiger partial charge in [0.15, 0.2) is 0 Å². The van der Waals surface area contributed by atoms with E-state index in [0.717, 1.165) is 32.7 Å². The predicted molar refractivity (Wildman–Crippen MR) is 63.1 cm³/mol. The summed E-state index contributed by atoms with van der Waals surface area (Å²) >= 11 is 0. The van der Waals surface area contributed by atoms with E-state index in [4.69, 9.17) is 5.73 Å². The van der Waals surface area contributed by atoms with Crippen LogP contribution in [-0.4, -0.2) is 44.2 Å². The van der Waals surface area contributed by atoms with Gasteiger partial charge in [0.1, 0.15) is 0 Å². The zero-order valence-corrected chi connectivity index (χ0v) is 9.02. The number of rotatable bonds is 3. The molecule has 1 radical (unpaired) electrons.